The van der Waals surface area contributed by atoms with Crippen LogP contribution in [0.2, 0.25) is 10.0 Å². The predicted molar refractivity (Wildman–Crippen MR) is 115 cm³/mol. The van der Waals surface area contributed by atoms with Gasteiger partial charge in [-0.3, -0.25) is 4.79 Å². The number of unbranched alkanes of at least 4 members (excludes halogenated alkanes) is 1. The molecule has 0 saturated carbocycles. The minimum atomic E-state index is -3.98. The Morgan fingerprint density at radius 1 is 1.11 bits per heavy atom. The van der Waals surface area contributed by atoms with E-state index in [4.69, 9.17) is 23.2 Å². The molecular formula is C20H24Cl2N2O3S. The molecule has 0 saturated heterocycles. The fourth-order valence-electron chi connectivity index (χ4n) is 2.78. The van der Waals surface area contributed by atoms with E-state index in [1.165, 1.54) is 18.2 Å². The van der Waals surface area contributed by atoms with E-state index in [9.17, 15) is 13.2 Å². The summed E-state index contributed by atoms with van der Waals surface area (Å²) >= 11 is 12.1. The fraction of sp³-hybridized carbons (Fsp3) is 0.350. The van der Waals surface area contributed by atoms with E-state index in [0.717, 1.165) is 21.9 Å². The highest BCUT2D eigenvalue weighted by molar-refractivity contribution is 7.89. The highest BCUT2D eigenvalue weighted by Crippen LogP contribution is 2.28. The molecule has 0 radical (unpaired) electrons. The number of nitrogens with one attached hydrogen (secondary N) is 1. The van der Waals surface area contributed by atoms with Crippen LogP contribution in [0.3, 0.4) is 0 Å². The average molecular weight is 443 g/mol. The highest BCUT2D eigenvalue weighted by Gasteiger charge is 2.28. The highest BCUT2D eigenvalue weighted by atomic mass is 35.5. The van der Waals surface area contributed by atoms with Crippen LogP contribution in [0.5, 0.6) is 0 Å². The summed E-state index contributed by atoms with van der Waals surface area (Å²) in [5, 5.41) is 3.16. The van der Waals surface area contributed by atoms with Gasteiger partial charge < -0.3 is 5.32 Å². The first-order chi connectivity index (χ1) is 13.2. The third kappa shape index (κ3) is 5.47. The van der Waals surface area contributed by atoms with Crippen molar-refractivity contribution < 1.29 is 13.2 Å². The Balaban J connectivity index is 2.30. The molecule has 0 aliphatic carbocycles. The summed E-state index contributed by atoms with van der Waals surface area (Å²) in [5.74, 6) is -0.407. The topological polar surface area (TPSA) is 66.5 Å². The van der Waals surface area contributed by atoms with Crippen LogP contribution in [-0.4, -0.2) is 31.7 Å². The smallest absolute Gasteiger partial charge is 0.245 e. The van der Waals surface area contributed by atoms with Gasteiger partial charge in [-0.2, -0.15) is 4.31 Å². The van der Waals surface area contributed by atoms with Crippen molar-refractivity contribution >= 4 is 44.8 Å². The Kier molecular flexibility index (Phi) is 7.89. The molecule has 5 nitrogen and oxygen atoms in total. The van der Waals surface area contributed by atoms with Crippen molar-refractivity contribution in [2.75, 3.05) is 18.4 Å². The second-order valence-electron chi connectivity index (χ2n) is 6.58. The summed E-state index contributed by atoms with van der Waals surface area (Å²) in [6.45, 7) is 5.63. The summed E-state index contributed by atoms with van der Waals surface area (Å²) in [6.07, 6.45) is 1.40. The van der Waals surface area contributed by atoms with Crippen molar-refractivity contribution in [3.63, 3.8) is 0 Å². The number of sulfonamides is 1. The van der Waals surface area contributed by atoms with E-state index in [1.807, 2.05) is 39.0 Å². The number of aryl methyl sites for hydroxylation is 2. The first-order valence-electron chi connectivity index (χ1n) is 8.98. The summed E-state index contributed by atoms with van der Waals surface area (Å²) in [6, 6.07) is 9.94. The molecule has 0 bridgehead atoms. The van der Waals surface area contributed by atoms with Gasteiger partial charge in [0, 0.05) is 17.3 Å². The summed E-state index contributed by atoms with van der Waals surface area (Å²) in [5.41, 5.74) is 2.52. The van der Waals surface area contributed by atoms with Crippen molar-refractivity contribution in [2.45, 2.75) is 38.5 Å². The first kappa shape index (κ1) is 22.7. The molecule has 28 heavy (non-hydrogen) atoms. The zero-order valence-corrected chi connectivity index (χ0v) is 18.5. The Hall–Kier alpha value is -1.60. The Morgan fingerprint density at radius 3 is 2.36 bits per heavy atom. The molecule has 2 rings (SSSR count). The van der Waals surface area contributed by atoms with Crippen LogP contribution in [0, 0.1) is 13.8 Å². The lowest BCUT2D eigenvalue weighted by atomic mass is 10.1. The zero-order chi connectivity index (χ0) is 20.9. The third-order valence-electron chi connectivity index (χ3n) is 4.34. The van der Waals surface area contributed by atoms with Gasteiger partial charge in [-0.25, -0.2) is 8.42 Å². The van der Waals surface area contributed by atoms with Crippen molar-refractivity contribution in [3.8, 4) is 0 Å². The standard InChI is InChI=1S/C20H24Cl2N2O3S/c1-4-5-11-24(28(26,27)18-12-16(21)9-10-17(18)22)13-19(25)23-20-14(2)7-6-8-15(20)3/h6-10,12H,4-5,11,13H2,1-3H3,(H,23,25). The first-order valence-corrected chi connectivity index (χ1v) is 11.2. The molecule has 152 valence electrons. The number of anilines is 1. The van der Waals surface area contributed by atoms with Gasteiger partial charge in [-0.15, -0.1) is 0 Å². The minimum absolute atomic E-state index is 0.0704. The molecule has 0 aliphatic heterocycles. The van der Waals surface area contributed by atoms with Crippen molar-refractivity contribution in [1.29, 1.82) is 0 Å². The van der Waals surface area contributed by atoms with E-state index in [0.29, 0.717) is 12.1 Å². The molecular weight excluding hydrogens is 419 g/mol. The van der Waals surface area contributed by atoms with Crippen LogP contribution in [-0.2, 0) is 14.8 Å². The SMILES string of the molecule is CCCCN(CC(=O)Nc1c(C)cccc1C)S(=O)(=O)c1cc(Cl)ccc1Cl. The quantitative estimate of drug-likeness (QED) is 0.622. The maximum absolute atomic E-state index is 13.1. The molecule has 0 spiro atoms. The fourth-order valence-corrected chi connectivity index (χ4v) is 4.96. The molecule has 0 aliphatic rings. The lowest BCUT2D eigenvalue weighted by Crippen LogP contribution is -2.39. The van der Waals surface area contributed by atoms with Crippen molar-refractivity contribution in [1.82, 2.24) is 4.31 Å². The monoisotopic (exact) mass is 442 g/mol. The lowest BCUT2D eigenvalue weighted by molar-refractivity contribution is -0.116. The number of hydrogen-bond acceptors (Lipinski definition) is 3. The molecule has 2 aromatic rings. The van der Waals surface area contributed by atoms with Crippen LogP contribution in [0.1, 0.15) is 30.9 Å². The predicted octanol–water partition coefficient (Wildman–Crippen LogP) is 5.04. The Bertz CT molecular complexity index is 942. The number of halogens is 2. The molecule has 0 heterocycles. The van der Waals surface area contributed by atoms with Crippen LogP contribution in [0.25, 0.3) is 0 Å². The van der Waals surface area contributed by atoms with E-state index in [2.05, 4.69) is 5.32 Å². The number of amides is 1. The van der Waals surface area contributed by atoms with Crippen molar-refractivity contribution in [3.05, 3.63) is 57.6 Å². The molecule has 8 heteroatoms. The maximum atomic E-state index is 13.1. The van der Waals surface area contributed by atoms with Gasteiger partial charge in [0.1, 0.15) is 4.90 Å². The second kappa shape index (κ2) is 9.74. The molecule has 1 N–H and O–H groups in total. The van der Waals surface area contributed by atoms with Crippen molar-refractivity contribution in [2.24, 2.45) is 0 Å². The van der Waals surface area contributed by atoms with E-state index >= 15 is 0 Å². The van der Waals surface area contributed by atoms with Gasteiger partial charge in [0.05, 0.1) is 11.6 Å². The summed E-state index contributed by atoms with van der Waals surface area (Å²) < 4.78 is 27.4. The molecule has 0 unspecified atom stereocenters. The number of para-hydroxylation sites is 1. The molecule has 0 fully saturated rings. The van der Waals surface area contributed by atoms with E-state index < -0.39 is 15.9 Å². The molecule has 0 atom stereocenters. The molecule has 2 aromatic carbocycles. The third-order valence-corrected chi connectivity index (χ3v) is 6.90. The van der Waals surface area contributed by atoms with Gasteiger partial charge >= 0.3 is 0 Å². The van der Waals surface area contributed by atoms with Gasteiger partial charge in [-0.05, 0) is 49.6 Å². The van der Waals surface area contributed by atoms with Gasteiger partial charge in [0.15, 0.2) is 0 Å². The molecule has 0 aromatic heterocycles. The number of rotatable bonds is 8. The number of carbonyl (C=O) groups excluding carboxylic acids is 1. The van der Waals surface area contributed by atoms with Gasteiger partial charge in [-0.1, -0.05) is 54.7 Å². The Morgan fingerprint density at radius 2 is 1.75 bits per heavy atom. The second-order valence-corrected chi connectivity index (χ2v) is 9.33. The van der Waals surface area contributed by atoms with Crippen LogP contribution in [0.15, 0.2) is 41.3 Å². The minimum Gasteiger partial charge on any atom is -0.324 e. The van der Waals surface area contributed by atoms with Gasteiger partial charge in [0.25, 0.3) is 0 Å². The number of carbonyl (C=O) groups is 1. The zero-order valence-electron chi connectivity index (χ0n) is 16.1. The summed E-state index contributed by atoms with van der Waals surface area (Å²) in [4.78, 5) is 12.5. The van der Waals surface area contributed by atoms with Gasteiger partial charge in [0.2, 0.25) is 15.9 Å². The number of benzene rings is 2. The maximum Gasteiger partial charge on any atom is 0.245 e. The largest absolute Gasteiger partial charge is 0.324 e. The van der Waals surface area contributed by atoms with Crippen LogP contribution in [0.4, 0.5) is 5.69 Å². The average Bonchev–Trinajstić information content (AvgIpc) is 2.63. The van der Waals surface area contributed by atoms with Crippen LogP contribution < -0.4 is 5.32 Å². The number of hydrogen-bond donors (Lipinski definition) is 1. The van der Waals surface area contributed by atoms with E-state index in [-0.39, 0.29) is 28.0 Å². The lowest BCUT2D eigenvalue weighted by Gasteiger charge is -2.23. The Labute approximate surface area is 176 Å². The molecule has 1 amide bonds. The summed E-state index contributed by atoms with van der Waals surface area (Å²) in [7, 11) is -3.98. The number of nitrogens with zero attached hydrogens (tertiary/aromatic N) is 1. The van der Waals surface area contributed by atoms with Crippen LogP contribution >= 0.6 is 23.2 Å². The van der Waals surface area contributed by atoms with E-state index in [1.54, 1.807) is 0 Å². The normalized spacial score (nSPS) is 11.6.